The van der Waals surface area contributed by atoms with Crippen LogP contribution in [0.1, 0.15) is 32.1 Å². The highest BCUT2D eigenvalue weighted by Crippen LogP contribution is 2.25. The normalized spacial score (nSPS) is 24.8. The van der Waals surface area contributed by atoms with E-state index in [1.807, 2.05) is 0 Å². The Morgan fingerprint density at radius 3 is 2.44 bits per heavy atom. The van der Waals surface area contributed by atoms with E-state index in [1.54, 1.807) is 0 Å². The second kappa shape index (κ2) is 7.31. The fourth-order valence-corrected chi connectivity index (χ4v) is 3.85. The van der Waals surface area contributed by atoms with E-state index in [-0.39, 0.29) is 23.7 Å². The maximum Gasteiger partial charge on any atom is 0.308 e. The Kier molecular flexibility index (Phi) is 6.38. The molecule has 0 saturated heterocycles. The smallest absolute Gasteiger partial charge is 0.308 e. The first-order chi connectivity index (χ1) is 8.48. The van der Waals surface area contributed by atoms with Crippen LogP contribution in [0.15, 0.2) is 0 Å². The number of methoxy groups -OCH3 is 1. The molecule has 0 amide bonds. The number of nitrogens with one attached hydrogen (secondary N) is 1. The van der Waals surface area contributed by atoms with Crippen molar-refractivity contribution in [2.24, 2.45) is 5.92 Å². The molecule has 0 heterocycles. The Morgan fingerprint density at radius 2 is 1.94 bits per heavy atom. The van der Waals surface area contributed by atoms with Gasteiger partial charge < -0.3 is 4.74 Å². The van der Waals surface area contributed by atoms with Crippen LogP contribution in [0.4, 0.5) is 0 Å². The molecule has 1 fully saturated rings. The van der Waals surface area contributed by atoms with Gasteiger partial charge in [0.05, 0.1) is 18.8 Å². The SMILES string of the molecule is COC(=O)C1CCC(NS(=O)(=O)CCCCl)CC1. The molecule has 0 aromatic carbocycles. The van der Waals surface area contributed by atoms with Crippen LogP contribution in [0.3, 0.4) is 0 Å². The molecule has 0 aromatic rings. The number of ether oxygens (including phenoxy) is 1. The van der Waals surface area contributed by atoms with Gasteiger partial charge in [-0.2, -0.15) is 0 Å². The van der Waals surface area contributed by atoms with E-state index in [0.29, 0.717) is 38.0 Å². The quantitative estimate of drug-likeness (QED) is 0.592. The molecule has 0 spiro atoms. The van der Waals surface area contributed by atoms with Crippen molar-refractivity contribution in [1.82, 2.24) is 4.72 Å². The minimum atomic E-state index is -3.24. The lowest BCUT2D eigenvalue weighted by Gasteiger charge is -2.27. The maximum atomic E-state index is 11.7. The van der Waals surface area contributed by atoms with Gasteiger partial charge in [-0.3, -0.25) is 4.79 Å². The lowest BCUT2D eigenvalue weighted by Crippen LogP contribution is -2.40. The number of rotatable bonds is 6. The van der Waals surface area contributed by atoms with Gasteiger partial charge in [0, 0.05) is 11.9 Å². The first-order valence-corrected chi connectivity index (χ1v) is 8.31. The highest BCUT2D eigenvalue weighted by Gasteiger charge is 2.28. The Hall–Kier alpha value is -0.330. The van der Waals surface area contributed by atoms with E-state index in [0.717, 1.165) is 0 Å². The van der Waals surface area contributed by atoms with E-state index in [9.17, 15) is 13.2 Å². The zero-order valence-corrected chi connectivity index (χ0v) is 12.1. The first-order valence-electron chi connectivity index (χ1n) is 6.12. The molecule has 18 heavy (non-hydrogen) atoms. The average Bonchev–Trinajstić information content (AvgIpc) is 2.36. The van der Waals surface area contributed by atoms with Crippen LogP contribution in [0.2, 0.25) is 0 Å². The van der Waals surface area contributed by atoms with Crippen LogP contribution >= 0.6 is 11.6 Å². The number of hydrogen-bond donors (Lipinski definition) is 1. The predicted molar refractivity (Wildman–Crippen MR) is 70.0 cm³/mol. The highest BCUT2D eigenvalue weighted by molar-refractivity contribution is 7.89. The monoisotopic (exact) mass is 297 g/mol. The Balaban J connectivity index is 2.37. The number of carbonyl (C=O) groups excluding carboxylic acids is 1. The second-order valence-electron chi connectivity index (χ2n) is 4.55. The molecule has 0 aromatic heterocycles. The van der Waals surface area contributed by atoms with Gasteiger partial charge in [-0.25, -0.2) is 13.1 Å². The Bertz CT molecular complexity index is 363. The van der Waals surface area contributed by atoms with Gasteiger partial charge in [-0.1, -0.05) is 0 Å². The summed E-state index contributed by atoms with van der Waals surface area (Å²) >= 11 is 5.48. The topological polar surface area (TPSA) is 72.5 Å². The molecule has 0 unspecified atom stereocenters. The molecule has 0 atom stereocenters. The van der Waals surface area contributed by atoms with Crippen LogP contribution < -0.4 is 4.72 Å². The summed E-state index contributed by atoms with van der Waals surface area (Å²) in [6.45, 7) is 0. The number of hydrogen-bond acceptors (Lipinski definition) is 4. The predicted octanol–water partition coefficient (Wildman–Crippen LogP) is 1.27. The third-order valence-electron chi connectivity index (χ3n) is 3.15. The van der Waals surface area contributed by atoms with Crippen LogP contribution in [0.5, 0.6) is 0 Å². The molecule has 0 radical (unpaired) electrons. The molecular formula is C11H20ClNO4S. The lowest BCUT2D eigenvalue weighted by molar-refractivity contribution is -0.146. The fraction of sp³-hybridized carbons (Fsp3) is 0.909. The summed E-state index contributed by atoms with van der Waals surface area (Å²) in [5.41, 5.74) is 0. The molecule has 106 valence electrons. The number of halogens is 1. The number of sulfonamides is 1. The van der Waals surface area contributed by atoms with Crippen molar-refractivity contribution in [2.45, 2.75) is 38.1 Å². The van der Waals surface area contributed by atoms with Crippen LogP contribution in [-0.2, 0) is 19.6 Å². The van der Waals surface area contributed by atoms with Gasteiger partial charge in [0.15, 0.2) is 0 Å². The van der Waals surface area contributed by atoms with E-state index < -0.39 is 10.0 Å². The number of alkyl halides is 1. The zero-order valence-electron chi connectivity index (χ0n) is 10.5. The molecule has 0 aliphatic heterocycles. The summed E-state index contributed by atoms with van der Waals surface area (Å²) in [6, 6.07) is -0.0637. The van der Waals surface area contributed by atoms with Gasteiger partial charge in [-0.05, 0) is 32.1 Å². The molecule has 0 bridgehead atoms. The molecule has 1 saturated carbocycles. The summed E-state index contributed by atoms with van der Waals surface area (Å²) in [7, 11) is -1.86. The fourth-order valence-electron chi connectivity index (χ4n) is 2.17. The van der Waals surface area contributed by atoms with Crippen molar-refractivity contribution in [3.05, 3.63) is 0 Å². The third kappa shape index (κ3) is 5.12. The van der Waals surface area contributed by atoms with E-state index >= 15 is 0 Å². The standard InChI is InChI=1S/C11H20ClNO4S/c1-17-11(14)9-3-5-10(6-4-9)13-18(15,16)8-2-7-12/h9-10,13H,2-8H2,1H3. The molecule has 1 N–H and O–H groups in total. The van der Waals surface area contributed by atoms with E-state index in [1.165, 1.54) is 7.11 Å². The summed E-state index contributed by atoms with van der Waals surface area (Å²) in [5.74, 6) is 0.126. The summed E-state index contributed by atoms with van der Waals surface area (Å²) in [6.07, 6.45) is 3.17. The molecule has 5 nitrogen and oxygen atoms in total. The minimum absolute atomic E-state index is 0.0629. The molecule has 1 rings (SSSR count). The Morgan fingerprint density at radius 1 is 1.33 bits per heavy atom. The van der Waals surface area contributed by atoms with Crippen molar-refractivity contribution >= 4 is 27.6 Å². The lowest BCUT2D eigenvalue weighted by atomic mass is 9.86. The maximum absolute atomic E-state index is 11.7. The largest absolute Gasteiger partial charge is 0.469 e. The molecule has 1 aliphatic carbocycles. The van der Waals surface area contributed by atoms with Crippen molar-refractivity contribution in [3.63, 3.8) is 0 Å². The van der Waals surface area contributed by atoms with Gasteiger partial charge in [0.25, 0.3) is 0 Å². The summed E-state index contributed by atoms with van der Waals surface area (Å²) < 4.78 is 30.7. The average molecular weight is 298 g/mol. The summed E-state index contributed by atoms with van der Waals surface area (Å²) in [4.78, 5) is 11.3. The van der Waals surface area contributed by atoms with Gasteiger partial charge in [0.2, 0.25) is 10.0 Å². The zero-order chi connectivity index (χ0) is 13.6. The van der Waals surface area contributed by atoms with Gasteiger partial charge >= 0.3 is 5.97 Å². The molecule has 7 heteroatoms. The van der Waals surface area contributed by atoms with E-state index in [4.69, 9.17) is 11.6 Å². The first kappa shape index (κ1) is 15.7. The highest BCUT2D eigenvalue weighted by atomic mass is 35.5. The van der Waals surface area contributed by atoms with Crippen molar-refractivity contribution in [2.75, 3.05) is 18.7 Å². The van der Waals surface area contributed by atoms with Crippen LogP contribution in [-0.4, -0.2) is 39.2 Å². The number of esters is 1. The van der Waals surface area contributed by atoms with Gasteiger partial charge in [0.1, 0.15) is 0 Å². The second-order valence-corrected chi connectivity index (χ2v) is 6.80. The van der Waals surface area contributed by atoms with Crippen molar-refractivity contribution in [3.8, 4) is 0 Å². The van der Waals surface area contributed by atoms with Gasteiger partial charge in [-0.15, -0.1) is 11.6 Å². The molecular weight excluding hydrogens is 278 g/mol. The third-order valence-corrected chi connectivity index (χ3v) is 4.94. The Labute approximate surface area is 113 Å². The van der Waals surface area contributed by atoms with Crippen molar-refractivity contribution < 1.29 is 17.9 Å². The molecule has 1 aliphatic rings. The number of carbonyl (C=O) groups is 1. The van der Waals surface area contributed by atoms with Crippen molar-refractivity contribution in [1.29, 1.82) is 0 Å². The summed E-state index contributed by atoms with van der Waals surface area (Å²) in [5, 5.41) is 0. The van der Waals surface area contributed by atoms with Crippen LogP contribution in [0, 0.1) is 5.92 Å². The van der Waals surface area contributed by atoms with E-state index in [2.05, 4.69) is 9.46 Å². The minimum Gasteiger partial charge on any atom is -0.469 e. The van der Waals surface area contributed by atoms with Crippen LogP contribution in [0.25, 0.3) is 0 Å².